The van der Waals surface area contributed by atoms with Gasteiger partial charge in [-0.1, -0.05) is 12.1 Å². The van der Waals surface area contributed by atoms with Crippen LogP contribution < -0.4 is 10.1 Å². The summed E-state index contributed by atoms with van der Waals surface area (Å²) in [6.07, 6.45) is 2.59. The summed E-state index contributed by atoms with van der Waals surface area (Å²) < 4.78 is 10.7. The van der Waals surface area contributed by atoms with Gasteiger partial charge < -0.3 is 19.9 Å². The maximum Gasteiger partial charge on any atom is 0.341 e. The normalized spacial score (nSPS) is 18.4. The molecule has 0 amide bonds. The number of carbonyl (C=O) groups is 1. The molecule has 0 aromatic heterocycles. The van der Waals surface area contributed by atoms with Gasteiger partial charge in [-0.2, -0.15) is 0 Å². The number of benzene rings is 1. The summed E-state index contributed by atoms with van der Waals surface area (Å²) >= 11 is 0. The van der Waals surface area contributed by atoms with Crippen LogP contribution in [0.15, 0.2) is 24.3 Å². The molecule has 2 rings (SSSR count). The molecule has 1 heterocycles. The maximum atomic E-state index is 10.4. The summed E-state index contributed by atoms with van der Waals surface area (Å²) in [7, 11) is 0. The van der Waals surface area contributed by atoms with E-state index in [1.807, 2.05) is 18.2 Å². The lowest BCUT2D eigenvalue weighted by Gasteiger charge is -2.11. The third-order valence-corrected chi connectivity index (χ3v) is 2.99. The second-order valence-corrected chi connectivity index (χ2v) is 4.60. The molecule has 19 heavy (non-hydrogen) atoms. The molecule has 104 valence electrons. The zero-order valence-electron chi connectivity index (χ0n) is 10.8. The first-order valence-electron chi connectivity index (χ1n) is 6.50. The first-order chi connectivity index (χ1) is 9.24. The molecule has 0 aliphatic carbocycles. The molecule has 0 bridgehead atoms. The standard InChI is InChI=1S/C14H19NO4/c16-14(17)10-19-12-4-1-3-11(7-12)8-15-9-13-5-2-6-18-13/h1,3-4,7,13,15H,2,5-6,8-10H2,(H,16,17). The fourth-order valence-corrected chi connectivity index (χ4v) is 2.07. The van der Waals surface area contributed by atoms with Crippen LogP contribution in [0, 0.1) is 0 Å². The SMILES string of the molecule is O=C(O)COc1cccc(CNCC2CCCO2)c1. The highest BCUT2D eigenvalue weighted by atomic mass is 16.5. The fourth-order valence-electron chi connectivity index (χ4n) is 2.07. The number of rotatable bonds is 7. The molecule has 0 spiro atoms. The lowest BCUT2D eigenvalue weighted by atomic mass is 10.2. The van der Waals surface area contributed by atoms with Gasteiger partial charge in [0.25, 0.3) is 0 Å². The number of hydrogen-bond donors (Lipinski definition) is 2. The Balaban J connectivity index is 1.76. The van der Waals surface area contributed by atoms with Crippen LogP contribution in [0.25, 0.3) is 0 Å². The molecule has 0 radical (unpaired) electrons. The van der Waals surface area contributed by atoms with Crippen molar-refractivity contribution in [2.45, 2.75) is 25.5 Å². The molecule has 1 aromatic rings. The molecule has 1 atom stereocenters. The third kappa shape index (κ3) is 4.89. The van der Waals surface area contributed by atoms with Gasteiger partial charge in [-0.15, -0.1) is 0 Å². The average Bonchev–Trinajstić information content (AvgIpc) is 2.90. The second kappa shape index (κ2) is 7.11. The van der Waals surface area contributed by atoms with E-state index in [0.29, 0.717) is 11.9 Å². The van der Waals surface area contributed by atoms with E-state index in [1.165, 1.54) is 0 Å². The number of carboxylic acid groups (broad SMARTS) is 1. The van der Waals surface area contributed by atoms with Gasteiger partial charge in [-0.05, 0) is 30.5 Å². The highest BCUT2D eigenvalue weighted by molar-refractivity contribution is 5.68. The first-order valence-corrected chi connectivity index (χ1v) is 6.50. The van der Waals surface area contributed by atoms with Gasteiger partial charge in [0.05, 0.1) is 6.10 Å². The third-order valence-electron chi connectivity index (χ3n) is 2.99. The van der Waals surface area contributed by atoms with Crippen LogP contribution in [-0.4, -0.2) is 36.9 Å². The Bertz CT molecular complexity index is 416. The Morgan fingerprint density at radius 3 is 3.16 bits per heavy atom. The minimum absolute atomic E-state index is 0.313. The van der Waals surface area contributed by atoms with E-state index in [4.69, 9.17) is 14.6 Å². The van der Waals surface area contributed by atoms with Crippen molar-refractivity contribution >= 4 is 5.97 Å². The molecular formula is C14H19NO4. The van der Waals surface area contributed by atoms with Gasteiger partial charge in [0.15, 0.2) is 6.61 Å². The minimum atomic E-state index is -0.970. The molecule has 1 unspecified atom stereocenters. The first kappa shape index (κ1) is 13.8. The van der Waals surface area contributed by atoms with Crippen molar-refractivity contribution in [1.82, 2.24) is 5.32 Å². The van der Waals surface area contributed by atoms with E-state index in [2.05, 4.69) is 5.32 Å². The zero-order chi connectivity index (χ0) is 13.5. The van der Waals surface area contributed by atoms with Crippen LogP contribution in [0.3, 0.4) is 0 Å². The Labute approximate surface area is 112 Å². The number of aliphatic carboxylic acids is 1. The van der Waals surface area contributed by atoms with E-state index in [0.717, 1.165) is 38.1 Å². The predicted molar refractivity (Wildman–Crippen MR) is 70.3 cm³/mol. The summed E-state index contributed by atoms with van der Waals surface area (Å²) in [6.45, 7) is 2.13. The molecule has 1 aromatic carbocycles. The van der Waals surface area contributed by atoms with E-state index < -0.39 is 5.97 Å². The van der Waals surface area contributed by atoms with Gasteiger partial charge >= 0.3 is 5.97 Å². The van der Waals surface area contributed by atoms with E-state index in [-0.39, 0.29) is 6.61 Å². The number of hydrogen-bond acceptors (Lipinski definition) is 4. The summed E-state index contributed by atoms with van der Waals surface area (Å²) in [6, 6.07) is 7.45. The van der Waals surface area contributed by atoms with Gasteiger partial charge in [-0.25, -0.2) is 4.79 Å². The molecule has 0 saturated carbocycles. The van der Waals surface area contributed by atoms with Crippen LogP contribution in [0.4, 0.5) is 0 Å². The smallest absolute Gasteiger partial charge is 0.341 e. The summed E-state index contributed by atoms with van der Waals surface area (Å²) in [5.41, 5.74) is 1.07. The van der Waals surface area contributed by atoms with Crippen molar-refractivity contribution in [3.63, 3.8) is 0 Å². The lowest BCUT2D eigenvalue weighted by molar-refractivity contribution is -0.139. The van der Waals surface area contributed by atoms with Gasteiger partial charge in [0, 0.05) is 19.7 Å². The Morgan fingerprint density at radius 1 is 1.53 bits per heavy atom. The summed E-state index contributed by atoms with van der Waals surface area (Å²) in [5.74, 6) is -0.388. The van der Waals surface area contributed by atoms with Crippen molar-refractivity contribution in [3.8, 4) is 5.75 Å². The summed E-state index contributed by atoms with van der Waals surface area (Å²) in [4.78, 5) is 10.4. The molecule has 2 N–H and O–H groups in total. The highest BCUT2D eigenvalue weighted by Gasteiger charge is 2.14. The average molecular weight is 265 g/mol. The second-order valence-electron chi connectivity index (χ2n) is 4.60. The van der Waals surface area contributed by atoms with Gasteiger partial charge in [-0.3, -0.25) is 0 Å². The topological polar surface area (TPSA) is 67.8 Å². The molecule has 1 saturated heterocycles. The van der Waals surface area contributed by atoms with Crippen molar-refractivity contribution < 1.29 is 19.4 Å². The quantitative estimate of drug-likeness (QED) is 0.780. The van der Waals surface area contributed by atoms with Crippen molar-refractivity contribution in [1.29, 1.82) is 0 Å². The molecule has 1 aliphatic heterocycles. The van der Waals surface area contributed by atoms with Crippen molar-refractivity contribution in [3.05, 3.63) is 29.8 Å². The van der Waals surface area contributed by atoms with Crippen LogP contribution in [0.5, 0.6) is 5.75 Å². The van der Waals surface area contributed by atoms with Gasteiger partial charge in [0.2, 0.25) is 0 Å². The molecule has 5 heteroatoms. The zero-order valence-corrected chi connectivity index (χ0v) is 10.8. The van der Waals surface area contributed by atoms with E-state index in [9.17, 15) is 4.79 Å². The summed E-state index contributed by atoms with van der Waals surface area (Å²) in [5, 5.41) is 11.9. The largest absolute Gasteiger partial charge is 0.482 e. The number of ether oxygens (including phenoxy) is 2. The maximum absolute atomic E-state index is 10.4. The van der Waals surface area contributed by atoms with E-state index >= 15 is 0 Å². The Kier molecular flexibility index (Phi) is 5.18. The van der Waals surface area contributed by atoms with Crippen LogP contribution >= 0.6 is 0 Å². The highest BCUT2D eigenvalue weighted by Crippen LogP contribution is 2.14. The molecule has 1 fully saturated rings. The van der Waals surface area contributed by atoms with Crippen LogP contribution in [0.1, 0.15) is 18.4 Å². The van der Waals surface area contributed by atoms with Gasteiger partial charge in [0.1, 0.15) is 5.75 Å². The lowest BCUT2D eigenvalue weighted by Crippen LogP contribution is -2.25. The monoisotopic (exact) mass is 265 g/mol. The van der Waals surface area contributed by atoms with Crippen LogP contribution in [0.2, 0.25) is 0 Å². The Morgan fingerprint density at radius 2 is 2.42 bits per heavy atom. The van der Waals surface area contributed by atoms with Crippen molar-refractivity contribution in [2.75, 3.05) is 19.8 Å². The fraction of sp³-hybridized carbons (Fsp3) is 0.500. The minimum Gasteiger partial charge on any atom is -0.482 e. The molecule has 1 aliphatic rings. The predicted octanol–water partition coefficient (Wildman–Crippen LogP) is 1.42. The Hall–Kier alpha value is -1.59. The number of carboxylic acids is 1. The molecular weight excluding hydrogens is 246 g/mol. The van der Waals surface area contributed by atoms with Crippen LogP contribution in [-0.2, 0) is 16.1 Å². The van der Waals surface area contributed by atoms with Crippen molar-refractivity contribution in [2.24, 2.45) is 0 Å². The number of nitrogens with one attached hydrogen (secondary N) is 1. The molecule has 5 nitrogen and oxygen atoms in total. The van der Waals surface area contributed by atoms with E-state index in [1.54, 1.807) is 6.07 Å².